The molecule has 3 heterocycles. The van der Waals surface area contributed by atoms with Crippen molar-refractivity contribution in [2.75, 3.05) is 47.4 Å². The Bertz CT molecular complexity index is 563. The van der Waals surface area contributed by atoms with Crippen molar-refractivity contribution in [3.05, 3.63) is 0 Å². The first kappa shape index (κ1) is 15.0. The minimum atomic E-state index is -0.529. The predicted octanol–water partition coefficient (Wildman–Crippen LogP) is -0.598. The maximum absolute atomic E-state index is 12.6. The van der Waals surface area contributed by atoms with Gasteiger partial charge in [-0.05, 0) is 12.8 Å². The van der Waals surface area contributed by atoms with Gasteiger partial charge in [-0.2, -0.15) is 0 Å². The number of aliphatic imine (C=N–C) groups is 1. The van der Waals surface area contributed by atoms with E-state index in [-0.39, 0.29) is 11.9 Å². The molecule has 1 atom stereocenters. The lowest BCUT2D eigenvalue weighted by Gasteiger charge is -2.33. The predicted molar refractivity (Wildman–Crippen MR) is 80.0 cm³/mol. The maximum Gasteiger partial charge on any atom is 0.392 e. The molecule has 1 unspecified atom stereocenters. The van der Waals surface area contributed by atoms with Gasteiger partial charge in [-0.3, -0.25) is 19.2 Å². The summed E-state index contributed by atoms with van der Waals surface area (Å²) in [6, 6.07) is -0.868. The third-order valence-electron chi connectivity index (χ3n) is 4.43. The number of likely N-dealkylation sites (N-methyl/N-ethyl adjacent to an activating group) is 2. The number of rotatable bonds is 3. The highest BCUT2D eigenvalue weighted by Crippen LogP contribution is 2.23. The van der Waals surface area contributed by atoms with E-state index in [1.807, 2.05) is 4.90 Å². The number of ether oxygens (including phenoxy) is 1. The van der Waals surface area contributed by atoms with E-state index in [0.29, 0.717) is 19.0 Å². The van der Waals surface area contributed by atoms with Crippen molar-refractivity contribution < 1.29 is 18.9 Å². The Morgan fingerprint density at radius 3 is 2.55 bits per heavy atom. The van der Waals surface area contributed by atoms with E-state index in [1.165, 1.54) is 11.9 Å². The normalized spacial score (nSPS) is 25.3. The number of carbonyl (C=O) groups is 2. The van der Waals surface area contributed by atoms with E-state index in [4.69, 9.17) is 4.74 Å². The van der Waals surface area contributed by atoms with E-state index in [2.05, 4.69) is 9.57 Å². The zero-order chi connectivity index (χ0) is 15.9. The third kappa shape index (κ3) is 2.18. The van der Waals surface area contributed by atoms with Crippen molar-refractivity contribution >= 4 is 23.7 Å². The minimum Gasteiger partial charge on any atom is -0.381 e. The Morgan fingerprint density at radius 1 is 1.23 bits per heavy atom. The molecule has 0 aromatic heterocycles. The second-order valence-electron chi connectivity index (χ2n) is 5.79. The van der Waals surface area contributed by atoms with E-state index < -0.39 is 6.04 Å². The Hall–Kier alpha value is -1.96. The van der Waals surface area contributed by atoms with Gasteiger partial charge in [0, 0.05) is 21.2 Å². The molecule has 120 valence electrons. The second kappa shape index (κ2) is 5.68. The number of amides is 3. The van der Waals surface area contributed by atoms with E-state index in [9.17, 15) is 9.59 Å². The molecular formula is C14H22N5O3+. The van der Waals surface area contributed by atoms with Gasteiger partial charge in [0.1, 0.15) is 0 Å². The summed E-state index contributed by atoms with van der Waals surface area (Å²) in [7, 11) is 4.82. The number of methoxy groups -OCH3 is 1. The summed E-state index contributed by atoms with van der Waals surface area (Å²) >= 11 is 0. The van der Waals surface area contributed by atoms with Crippen molar-refractivity contribution in [3.63, 3.8) is 0 Å². The fraction of sp³-hybridized carbons (Fsp3) is 0.714. The maximum atomic E-state index is 12.6. The van der Waals surface area contributed by atoms with Crippen LogP contribution < -0.4 is 0 Å². The fourth-order valence-corrected chi connectivity index (χ4v) is 3.17. The van der Waals surface area contributed by atoms with Crippen LogP contribution in [-0.2, 0) is 9.53 Å². The van der Waals surface area contributed by atoms with Crippen LogP contribution in [0.3, 0.4) is 0 Å². The zero-order valence-corrected chi connectivity index (χ0v) is 13.3. The SMILES string of the molecule is COCCN1C(=[N+]2CCCC2)N=C2C1C(=O)N(C)C(=O)N2C. The smallest absolute Gasteiger partial charge is 0.381 e. The quantitative estimate of drug-likeness (QED) is 0.653. The van der Waals surface area contributed by atoms with Gasteiger partial charge >= 0.3 is 12.0 Å². The first-order valence-electron chi connectivity index (χ1n) is 7.57. The molecule has 2 fully saturated rings. The number of carbonyl (C=O) groups excluding carboxylic acids is 2. The molecule has 0 aromatic carbocycles. The van der Waals surface area contributed by atoms with Crippen molar-refractivity contribution in [2.45, 2.75) is 18.9 Å². The molecule has 3 aliphatic heterocycles. The lowest BCUT2D eigenvalue weighted by Crippen LogP contribution is -2.63. The van der Waals surface area contributed by atoms with Crippen molar-refractivity contribution in [3.8, 4) is 0 Å². The Kier molecular flexibility index (Phi) is 3.86. The summed E-state index contributed by atoms with van der Waals surface area (Å²) in [5.41, 5.74) is 0. The molecule has 3 aliphatic rings. The molecule has 0 radical (unpaired) electrons. The molecule has 8 heteroatoms. The van der Waals surface area contributed by atoms with Crippen molar-refractivity contribution in [2.24, 2.45) is 4.99 Å². The summed E-state index contributed by atoms with van der Waals surface area (Å²) in [6.07, 6.45) is 2.25. The molecular weight excluding hydrogens is 286 g/mol. The number of nitrogens with zero attached hydrogens (tertiary/aromatic N) is 5. The number of fused-ring (bicyclic) bond motifs is 1. The van der Waals surface area contributed by atoms with E-state index >= 15 is 0 Å². The van der Waals surface area contributed by atoms with Gasteiger partial charge in [0.05, 0.1) is 26.2 Å². The Balaban J connectivity index is 2.01. The molecule has 8 nitrogen and oxygen atoms in total. The molecule has 0 spiro atoms. The first-order chi connectivity index (χ1) is 10.6. The molecule has 0 aromatic rings. The summed E-state index contributed by atoms with van der Waals surface area (Å²) in [6.45, 7) is 2.95. The number of hydrogen-bond acceptors (Lipinski definition) is 3. The average molecular weight is 308 g/mol. The van der Waals surface area contributed by atoms with Gasteiger partial charge in [0.25, 0.3) is 5.91 Å². The summed E-state index contributed by atoms with van der Waals surface area (Å²) in [5.74, 6) is 1.08. The largest absolute Gasteiger partial charge is 0.392 e. The summed E-state index contributed by atoms with van der Waals surface area (Å²) in [5, 5.41) is 0. The molecule has 2 saturated heterocycles. The first-order valence-corrected chi connectivity index (χ1v) is 7.57. The number of amidine groups is 1. The highest BCUT2D eigenvalue weighted by Gasteiger charge is 2.55. The van der Waals surface area contributed by atoms with Crippen LogP contribution in [0.25, 0.3) is 0 Å². The summed E-state index contributed by atoms with van der Waals surface area (Å²) < 4.78 is 7.36. The second-order valence-corrected chi connectivity index (χ2v) is 5.79. The van der Waals surface area contributed by atoms with Gasteiger partial charge in [-0.25, -0.2) is 9.69 Å². The highest BCUT2D eigenvalue weighted by atomic mass is 16.5. The van der Waals surface area contributed by atoms with Gasteiger partial charge in [-0.1, -0.05) is 4.99 Å². The molecule has 22 heavy (non-hydrogen) atoms. The lowest BCUT2D eigenvalue weighted by atomic mass is 10.1. The molecule has 0 aliphatic carbocycles. The molecule has 3 amide bonds. The fourth-order valence-electron chi connectivity index (χ4n) is 3.17. The number of guanidine groups is 1. The molecule has 0 saturated carbocycles. The van der Waals surface area contributed by atoms with Crippen LogP contribution in [0.2, 0.25) is 0 Å². The van der Waals surface area contributed by atoms with E-state index in [0.717, 1.165) is 36.8 Å². The monoisotopic (exact) mass is 308 g/mol. The van der Waals surface area contributed by atoms with Crippen LogP contribution in [0, 0.1) is 0 Å². The van der Waals surface area contributed by atoms with Crippen LogP contribution in [0.4, 0.5) is 4.79 Å². The zero-order valence-electron chi connectivity index (χ0n) is 13.3. The molecule has 0 bridgehead atoms. The Labute approximate surface area is 129 Å². The van der Waals surface area contributed by atoms with Crippen LogP contribution >= 0.6 is 0 Å². The van der Waals surface area contributed by atoms with Crippen LogP contribution in [0.5, 0.6) is 0 Å². The number of imide groups is 1. The lowest BCUT2D eigenvalue weighted by molar-refractivity contribution is -0.511. The van der Waals surface area contributed by atoms with Gasteiger partial charge < -0.3 is 4.74 Å². The standard InChI is InChI=1S/C14H22N5O3/c1-16-11-10(12(20)17(2)14(16)21)19(8-9-22-3)13(15-11)18-6-4-5-7-18/h10H,4-9H2,1-3H3/q+1. The molecule has 0 N–H and O–H groups in total. The number of hydrogen-bond donors (Lipinski definition) is 0. The van der Waals surface area contributed by atoms with Crippen molar-refractivity contribution in [1.29, 1.82) is 0 Å². The topological polar surface area (TPSA) is 68.5 Å². The van der Waals surface area contributed by atoms with Crippen molar-refractivity contribution in [1.82, 2.24) is 14.7 Å². The number of urea groups is 1. The van der Waals surface area contributed by atoms with E-state index in [1.54, 1.807) is 14.2 Å². The molecule has 3 rings (SSSR count). The Morgan fingerprint density at radius 2 is 1.91 bits per heavy atom. The van der Waals surface area contributed by atoms with Gasteiger partial charge in [0.15, 0.2) is 0 Å². The van der Waals surface area contributed by atoms with Gasteiger partial charge in [-0.15, -0.1) is 0 Å². The minimum absolute atomic E-state index is 0.229. The third-order valence-corrected chi connectivity index (χ3v) is 4.43. The van der Waals surface area contributed by atoms with Crippen LogP contribution in [-0.4, -0.2) is 96.5 Å². The average Bonchev–Trinajstić information content (AvgIpc) is 3.15. The summed E-state index contributed by atoms with van der Waals surface area (Å²) in [4.78, 5) is 33.9. The van der Waals surface area contributed by atoms with Crippen LogP contribution in [0.15, 0.2) is 4.99 Å². The van der Waals surface area contributed by atoms with Crippen LogP contribution in [0.1, 0.15) is 12.8 Å². The van der Waals surface area contributed by atoms with Gasteiger partial charge in [0.2, 0.25) is 11.9 Å². The highest BCUT2D eigenvalue weighted by molar-refractivity contribution is 6.25.